The molecule has 7 heteroatoms. The number of hydrogen-bond acceptors (Lipinski definition) is 6. The molecule has 0 saturated carbocycles. The van der Waals surface area contributed by atoms with Crippen LogP contribution in [0, 0.1) is 0 Å². The first-order chi connectivity index (χ1) is 13.1. The molecule has 1 heterocycles. The molecule has 0 unspecified atom stereocenters. The SMILES string of the molecule is CCc1ccc(NC(=O)c2nnc(COC(=O)Cc3ccccc3)s2)cc1. The number of carbonyl (C=O) groups is 2. The number of benzene rings is 2. The maximum absolute atomic E-state index is 12.3. The Kier molecular flexibility index (Phi) is 6.27. The molecule has 0 spiro atoms. The second-order valence-corrected chi connectivity index (χ2v) is 6.89. The number of ether oxygens (including phenoxy) is 1. The highest BCUT2D eigenvalue weighted by Crippen LogP contribution is 2.15. The van der Waals surface area contributed by atoms with E-state index in [0.717, 1.165) is 23.3 Å². The van der Waals surface area contributed by atoms with E-state index in [4.69, 9.17) is 4.74 Å². The fraction of sp³-hybridized carbons (Fsp3) is 0.200. The van der Waals surface area contributed by atoms with E-state index in [2.05, 4.69) is 22.4 Å². The van der Waals surface area contributed by atoms with Crippen LogP contribution in [-0.2, 0) is 29.0 Å². The Morgan fingerprint density at radius 1 is 1.00 bits per heavy atom. The zero-order valence-corrected chi connectivity index (χ0v) is 15.7. The number of aromatic nitrogens is 2. The van der Waals surface area contributed by atoms with Gasteiger partial charge in [-0.15, -0.1) is 10.2 Å². The molecular formula is C20H19N3O3S. The minimum Gasteiger partial charge on any atom is -0.458 e. The summed E-state index contributed by atoms with van der Waals surface area (Å²) in [6.45, 7) is 2.07. The van der Waals surface area contributed by atoms with Crippen molar-refractivity contribution in [3.05, 3.63) is 75.7 Å². The molecule has 0 bridgehead atoms. The Morgan fingerprint density at radius 2 is 1.74 bits per heavy atom. The zero-order valence-electron chi connectivity index (χ0n) is 14.8. The summed E-state index contributed by atoms with van der Waals surface area (Å²) in [4.78, 5) is 24.1. The van der Waals surface area contributed by atoms with Gasteiger partial charge >= 0.3 is 5.97 Å². The van der Waals surface area contributed by atoms with Crippen molar-refractivity contribution in [2.24, 2.45) is 0 Å². The first-order valence-corrected chi connectivity index (χ1v) is 9.38. The van der Waals surface area contributed by atoms with Crippen LogP contribution in [-0.4, -0.2) is 22.1 Å². The van der Waals surface area contributed by atoms with Crippen molar-refractivity contribution in [1.82, 2.24) is 10.2 Å². The predicted molar refractivity (Wildman–Crippen MR) is 104 cm³/mol. The van der Waals surface area contributed by atoms with Crippen LogP contribution in [0.1, 0.15) is 32.9 Å². The molecule has 27 heavy (non-hydrogen) atoms. The minimum absolute atomic E-state index is 0.00180. The first kappa shape index (κ1) is 18.7. The van der Waals surface area contributed by atoms with Gasteiger partial charge in [-0.05, 0) is 29.7 Å². The smallest absolute Gasteiger partial charge is 0.310 e. The minimum atomic E-state index is -0.349. The highest BCUT2D eigenvalue weighted by molar-refractivity contribution is 7.13. The highest BCUT2D eigenvalue weighted by Gasteiger charge is 2.14. The van der Waals surface area contributed by atoms with Crippen LogP contribution in [0.2, 0.25) is 0 Å². The Hall–Kier alpha value is -3.06. The Bertz CT molecular complexity index is 908. The lowest BCUT2D eigenvalue weighted by Crippen LogP contribution is -2.11. The molecule has 2 aromatic carbocycles. The summed E-state index contributed by atoms with van der Waals surface area (Å²) in [7, 11) is 0. The monoisotopic (exact) mass is 381 g/mol. The Balaban J connectivity index is 1.51. The number of amides is 1. The van der Waals surface area contributed by atoms with Crippen molar-refractivity contribution in [1.29, 1.82) is 0 Å². The fourth-order valence-electron chi connectivity index (χ4n) is 2.37. The van der Waals surface area contributed by atoms with Gasteiger partial charge in [0.2, 0.25) is 5.01 Å². The van der Waals surface area contributed by atoms with Crippen molar-refractivity contribution >= 4 is 28.9 Å². The van der Waals surface area contributed by atoms with Gasteiger partial charge in [0.1, 0.15) is 6.61 Å². The summed E-state index contributed by atoms with van der Waals surface area (Å²) >= 11 is 1.10. The molecule has 0 aliphatic heterocycles. The topological polar surface area (TPSA) is 81.2 Å². The van der Waals surface area contributed by atoms with E-state index in [1.54, 1.807) is 0 Å². The quantitative estimate of drug-likeness (QED) is 0.632. The van der Waals surface area contributed by atoms with Gasteiger partial charge in [0.25, 0.3) is 5.91 Å². The first-order valence-electron chi connectivity index (χ1n) is 8.56. The molecule has 3 rings (SSSR count). The molecule has 0 atom stereocenters. The van der Waals surface area contributed by atoms with Gasteiger partial charge in [0.05, 0.1) is 6.42 Å². The van der Waals surface area contributed by atoms with Crippen LogP contribution < -0.4 is 5.32 Å². The van der Waals surface area contributed by atoms with Crippen LogP contribution in [0.3, 0.4) is 0 Å². The fourth-order valence-corrected chi connectivity index (χ4v) is 3.02. The van der Waals surface area contributed by atoms with Crippen molar-refractivity contribution in [3.63, 3.8) is 0 Å². The van der Waals surface area contributed by atoms with E-state index in [-0.39, 0.29) is 29.9 Å². The van der Waals surface area contributed by atoms with Crippen LogP contribution in [0.4, 0.5) is 5.69 Å². The second-order valence-electron chi connectivity index (χ2n) is 5.83. The lowest BCUT2D eigenvalue weighted by atomic mass is 10.1. The molecular weight excluding hydrogens is 362 g/mol. The zero-order chi connectivity index (χ0) is 19.1. The summed E-state index contributed by atoms with van der Waals surface area (Å²) < 4.78 is 5.21. The average Bonchev–Trinajstić information content (AvgIpc) is 3.17. The third kappa shape index (κ3) is 5.46. The maximum Gasteiger partial charge on any atom is 0.310 e. The second kappa shape index (κ2) is 9.05. The standard InChI is InChI=1S/C20H19N3O3S/c1-2-14-8-10-16(11-9-14)21-19(25)20-23-22-17(27-20)13-26-18(24)12-15-6-4-3-5-7-15/h3-11H,2,12-13H2,1H3,(H,21,25). The van der Waals surface area contributed by atoms with Gasteiger partial charge < -0.3 is 10.1 Å². The van der Waals surface area contributed by atoms with E-state index in [9.17, 15) is 9.59 Å². The Morgan fingerprint density at radius 3 is 2.44 bits per heavy atom. The molecule has 138 valence electrons. The Labute approximate surface area is 161 Å². The van der Waals surface area contributed by atoms with E-state index < -0.39 is 0 Å². The number of anilines is 1. The third-order valence-corrected chi connectivity index (χ3v) is 4.72. The summed E-state index contributed by atoms with van der Waals surface area (Å²) in [5.74, 6) is -0.683. The van der Waals surface area contributed by atoms with E-state index in [1.165, 1.54) is 5.56 Å². The van der Waals surface area contributed by atoms with Crippen molar-refractivity contribution in [2.45, 2.75) is 26.4 Å². The molecule has 1 amide bonds. The highest BCUT2D eigenvalue weighted by atomic mass is 32.1. The summed E-state index contributed by atoms with van der Waals surface area (Å²) in [6, 6.07) is 17.0. The molecule has 6 nitrogen and oxygen atoms in total. The number of nitrogens with zero attached hydrogens (tertiary/aromatic N) is 2. The molecule has 0 aliphatic carbocycles. The van der Waals surface area contributed by atoms with Crippen LogP contribution in [0.5, 0.6) is 0 Å². The maximum atomic E-state index is 12.3. The number of carbonyl (C=O) groups excluding carboxylic acids is 2. The van der Waals surface area contributed by atoms with Gasteiger partial charge in [-0.1, -0.05) is 60.7 Å². The van der Waals surface area contributed by atoms with Crippen LogP contribution in [0.15, 0.2) is 54.6 Å². The molecule has 0 saturated heterocycles. The average molecular weight is 381 g/mol. The molecule has 0 fully saturated rings. The van der Waals surface area contributed by atoms with Gasteiger partial charge in [-0.3, -0.25) is 9.59 Å². The molecule has 1 N–H and O–H groups in total. The van der Waals surface area contributed by atoms with E-state index in [0.29, 0.717) is 10.7 Å². The lowest BCUT2D eigenvalue weighted by molar-refractivity contribution is -0.144. The molecule has 0 aliphatic rings. The van der Waals surface area contributed by atoms with E-state index >= 15 is 0 Å². The number of hydrogen-bond donors (Lipinski definition) is 1. The van der Waals surface area contributed by atoms with Gasteiger partial charge in [-0.25, -0.2) is 0 Å². The lowest BCUT2D eigenvalue weighted by Gasteiger charge is -2.03. The van der Waals surface area contributed by atoms with Gasteiger partial charge in [-0.2, -0.15) is 0 Å². The van der Waals surface area contributed by atoms with Crippen molar-refractivity contribution in [2.75, 3.05) is 5.32 Å². The summed E-state index contributed by atoms with van der Waals surface area (Å²) in [6.07, 6.45) is 1.14. The van der Waals surface area contributed by atoms with E-state index in [1.807, 2.05) is 54.6 Å². The molecule has 3 aromatic rings. The third-order valence-electron chi connectivity index (χ3n) is 3.83. The number of esters is 1. The molecule has 1 aromatic heterocycles. The largest absolute Gasteiger partial charge is 0.458 e. The normalized spacial score (nSPS) is 10.4. The summed E-state index contributed by atoms with van der Waals surface area (Å²) in [5, 5.41) is 11.3. The number of aryl methyl sites for hydroxylation is 1. The van der Waals surface area contributed by atoms with Crippen LogP contribution >= 0.6 is 11.3 Å². The van der Waals surface area contributed by atoms with Gasteiger partial charge in [0.15, 0.2) is 5.01 Å². The van der Waals surface area contributed by atoms with Crippen molar-refractivity contribution in [3.8, 4) is 0 Å². The van der Waals surface area contributed by atoms with Gasteiger partial charge in [0, 0.05) is 5.69 Å². The predicted octanol–water partition coefficient (Wildman–Crippen LogP) is 3.64. The van der Waals surface area contributed by atoms with Crippen LogP contribution in [0.25, 0.3) is 0 Å². The summed E-state index contributed by atoms with van der Waals surface area (Å²) in [5.41, 5.74) is 2.78. The number of nitrogens with one attached hydrogen (secondary N) is 1. The molecule has 0 radical (unpaired) electrons. The van der Waals surface area contributed by atoms with Crippen molar-refractivity contribution < 1.29 is 14.3 Å². The number of rotatable bonds is 7.